The number of aromatic nitrogens is 3. The summed E-state index contributed by atoms with van der Waals surface area (Å²) in [5.41, 5.74) is 0.288. The zero-order valence-electron chi connectivity index (χ0n) is 17.1. The number of thioether (sulfide) groups is 1. The standard InChI is InChI=1S/C18H20N6O4S4/c1-3-24(4-2)32(27,28)13-7-5-12(6-8-13)15(26)21-17-22-23-18(31-17)30-11-14(25)20-16-19-9-10-29-16/h5-10H,3-4,11H2,1-2H3,(H,19,20,25)(H,21,22,26). The first kappa shape index (κ1) is 24.3. The van der Waals surface area contributed by atoms with Crippen LogP contribution in [0.4, 0.5) is 10.3 Å². The molecule has 1 aromatic carbocycles. The molecule has 0 saturated heterocycles. The molecule has 10 nitrogen and oxygen atoms in total. The van der Waals surface area contributed by atoms with E-state index >= 15 is 0 Å². The average Bonchev–Trinajstić information content (AvgIpc) is 3.45. The molecular formula is C18H20N6O4S4. The smallest absolute Gasteiger partial charge is 0.257 e. The van der Waals surface area contributed by atoms with Crippen molar-refractivity contribution in [3.05, 3.63) is 41.4 Å². The molecule has 2 aromatic heterocycles. The number of hydrogen-bond donors (Lipinski definition) is 2. The summed E-state index contributed by atoms with van der Waals surface area (Å²) in [6.45, 7) is 4.27. The van der Waals surface area contributed by atoms with Gasteiger partial charge in [-0.1, -0.05) is 36.9 Å². The van der Waals surface area contributed by atoms with Crippen LogP contribution in [-0.2, 0) is 14.8 Å². The van der Waals surface area contributed by atoms with E-state index in [1.807, 2.05) is 0 Å². The Balaban J connectivity index is 1.56. The molecule has 0 bridgehead atoms. The van der Waals surface area contributed by atoms with Crippen molar-refractivity contribution in [2.75, 3.05) is 29.5 Å². The third kappa shape index (κ3) is 6.10. The SMILES string of the molecule is CCN(CC)S(=O)(=O)c1ccc(C(=O)Nc2nnc(SCC(=O)Nc3nccs3)s2)cc1. The summed E-state index contributed by atoms with van der Waals surface area (Å²) in [6.07, 6.45) is 1.60. The van der Waals surface area contributed by atoms with E-state index in [0.29, 0.717) is 22.6 Å². The maximum atomic E-state index is 12.5. The maximum absolute atomic E-state index is 12.5. The molecule has 0 aliphatic rings. The molecule has 32 heavy (non-hydrogen) atoms. The van der Waals surface area contributed by atoms with Crippen molar-refractivity contribution < 1.29 is 18.0 Å². The number of nitrogens with one attached hydrogen (secondary N) is 2. The van der Waals surface area contributed by atoms with Crippen molar-refractivity contribution in [2.24, 2.45) is 0 Å². The van der Waals surface area contributed by atoms with E-state index in [1.165, 1.54) is 51.7 Å². The zero-order valence-corrected chi connectivity index (χ0v) is 20.4. The highest BCUT2D eigenvalue weighted by Gasteiger charge is 2.22. The van der Waals surface area contributed by atoms with Crippen LogP contribution in [0, 0.1) is 0 Å². The van der Waals surface area contributed by atoms with Crippen LogP contribution in [0.15, 0.2) is 45.1 Å². The molecule has 3 aromatic rings. The summed E-state index contributed by atoms with van der Waals surface area (Å²) in [7, 11) is -3.59. The van der Waals surface area contributed by atoms with E-state index in [4.69, 9.17) is 0 Å². The number of thiazole rings is 1. The van der Waals surface area contributed by atoms with Gasteiger partial charge in [0.1, 0.15) is 0 Å². The number of sulfonamides is 1. The minimum absolute atomic E-state index is 0.128. The minimum Gasteiger partial charge on any atom is -0.301 e. The van der Waals surface area contributed by atoms with Crippen LogP contribution in [0.25, 0.3) is 0 Å². The van der Waals surface area contributed by atoms with Crippen molar-refractivity contribution in [1.29, 1.82) is 0 Å². The van der Waals surface area contributed by atoms with E-state index in [9.17, 15) is 18.0 Å². The summed E-state index contributed by atoms with van der Waals surface area (Å²) >= 11 is 3.66. The maximum Gasteiger partial charge on any atom is 0.257 e. The van der Waals surface area contributed by atoms with Gasteiger partial charge in [-0.15, -0.1) is 21.5 Å². The zero-order chi connectivity index (χ0) is 23.1. The van der Waals surface area contributed by atoms with Crippen LogP contribution in [-0.4, -0.2) is 58.6 Å². The van der Waals surface area contributed by atoms with Crippen LogP contribution in [0.2, 0.25) is 0 Å². The van der Waals surface area contributed by atoms with Crippen LogP contribution in [0.3, 0.4) is 0 Å². The number of nitrogens with zero attached hydrogens (tertiary/aromatic N) is 4. The number of benzene rings is 1. The summed E-state index contributed by atoms with van der Waals surface area (Å²) < 4.78 is 27.0. The molecular weight excluding hydrogens is 493 g/mol. The Kier molecular flexibility index (Phi) is 8.31. The van der Waals surface area contributed by atoms with Gasteiger partial charge in [0.2, 0.25) is 21.1 Å². The second kappa shape index (κ2) is 11.0. The monoisotopic (exact) mass is 512 g/mol. The average molecular weight is 513 g/mol. The number of carbonyl (C=O) groups is 2. The molecule has 0 atom stereocenters. The lowest BCUT2D eigenvalue weighted by atomic mass is 10.2. The molecule has 3 rings (SSSR count). The molecule has 2 heterocycles. The fraction of sp³-hybridized carbons (Fsp3) is 0.278. The third-order valence-corrected chi connectivity index (χ3v) is 8.82. The fourth-order valence-corrected chi connectivity index (χ4v) is 6.10. The highest BCUT2D eigenvalue weighted by atomic mass is 32.2. The van der Waals surface area contributed by atoms with Crippen LogP contribution in [0.5, 0.6) is 0 Å². The number of rotatable bonds is 10. The van der Waals surface area contributed by atoms with E-state index in [1.54, 1.807) is 25.4 Å². The Morgan fingerprint density at radius 3 is 2.41 bits per heavy atom. The Morgan fingerprint density at radius 2 is 1.78 bits per heavy atom. The summed E-state index contributed by atoms with van der Waals surface area (Å²) in [5, 5.41) is 15.7. The summed E-state index contributed by atoms with van der Waals surface area (Å²) in [5.74, 6) is -0.526. The molecule has 2 amide bonds. The van der Waals surface area contributed by atoms with Crippen LogP contribution >= 0.6 is 34.4 Å². The van der Waals surface area contributed by atoms with Gasteiger partial charge in [0.15, 0.2) is 9.47 Å². The lowest BCUT2D eigenvalue weighted by Crippen LogP contribution is -2.30. The second-order valence-corrected chi connectivity index (χ2v) is 11.1. The topological polar surface area (TPSA) is 134 Å². The highest BCUT2D eigenvalue weighted by Crippen LogP contribution is 2.26. The Labute approximate surface area is 197 Å². The first-order valence-electron chi connectivity index (χ1n) is 9.40. The van der Waals surface area contributed by atoms with Crippen molar-refractivity contribution >= 4 is 66.5 Å². The van der Waals surface area contributed by atoms with Gasteiger partial charge in [-0.05, 0) is 24.3 Å². The molecule has 0 aliphatic heterocycles. The van der Waals surface area contributed by atoms with Crippen LogP contribution in [0.1, 0.15) is 24.2 Å². The normalized spacial score (nSPS) is 11.5. The molecule has 2 N–H and O–H groups in total. The lowest BCUT2D eigenvalue weighted by Gasteiger charge is -2.18. The van der Waals surface area contributed by atoms with Gasteiger partial charge < -0.3 is 5.32 Å². The largest absolute Gasteiger partial charge is 0.301 e. The number of hydrogen-bond acceptors (Lipinski definition) is 10. The van der Waals surface area contributed by atoms with Gasteiger partial charge in [-0.25, -0.2) is 13.4 Å². The summed E-state index contributed by atoms with van der Waals surface area (Å²) in [4.78, 5) is 28.5. The second-order valence-electron chi connectivity index (χ2n) is 6.12. The number of amides is 2. The van der Waals surface area contributed by atoms with Crippen molar-refractivity contribution in [3.63, 3.8) is 0 Å². The predicted molar refractivity (Wildman–Crippen MR) is 126 cm³/mol. The lowest BCUT2D eigenvalue weighted by molar-refractivity contribution is -0.113. The van der Waals surface area contributed by atoms with Crippen LogP contribution < -0.4 is 10.6 Å². The van der Waals surface area contributed by atoms with Crippen molar-refractivity contribution in [1.82, 2.24) is 19.5 Å². The molecule has 0 fully saturated rings. The minimum atomic E-state index is -3.59. The molecule has 14 heteroatoms. The van der Waals surface area contributed by atoms with E-state index in [-0.39, 0.29) is 27.3 Å². The van der Waals surface area contributed by atoms with Crippen molar-refractivity contribution in [2.45, 2.75) is 23.1 Å². The first-order valence-corrected chi connectivity index (χ1v) is 13.5. The molecule has 0 saturated carbocycles. The van der Waals surface area contributed by atoms with Gasteiger partial charge >= 0.3 is 0 Å². The highest BCUT2D eigenvalue weighted by molar-refractivity contribution is 8.01. The Morgan fingerprint density at radius 1 is 1.06 bits per heavy atom. The van der Waals surface area contributed by atoms with Gasteiger partial charge in [0, 0.05) is 30.2 Å². The molecule has 0 radical (unpaired) electrons. The first-order chi connectivity index (χ1) is 15.3. The number of anilines is 2. The molecule has 0 unspecified atom stereocenters. The Hall–Kier alpha value is -2.39. The van der Waals surface area contributed by atoms with Crippen molar-refractivity contribution in [3.8, 4) is 0 Å². The Bertz CT molecular complexity index is 1160. The van der Waals surface area contributed by atoms with Gasteiger partial charge in [0.05, 0.1) is 10.6 Å². The number of carbonyl (C=O) groups excluding carboxylic acids is 2. The molecule has 0 aliphatic carbocycles. The molecule has 0 spiro atoms. The van der Waals surface area contributed by atoms with Gasteiger partial charge in [-0.3, -0.25) is 14.9 Å². The van der Waals surface area contributed by atoms with Gasteiger partial charge in [-0.2, -0.15) is 4.31 Å². The van der Waals surface area contributed by atoms with E-state index < -0.39 is 15.9 Å². The quantitative estimate of drug-likeness (QED) is 0.313. The van der Waals surface area contributed by atoms with Gasteiger partial charge in [0.25, 0.3) is 5.91 Å². The molecule has 170 valence electrons. The van der Waals surface area contributed by atoms with E-state index in [0.717, 1.165) is 11.3 Å². The fourth-order valence-electron chi connectivity index (χ4n) is 2.55. The summed E-state index contributed by atoms with van der Waals surface area (Å²) in [6, 6.07) is 5.72. The third-order valence-electron chi connectivity index (χ3n) is 4.09. The predicted octanol–water partition coefficient (Wildman–Crippen LogP) is 3.01. The van der Waals surface area contributed by atoms with E-state index in [2.05, 4.69) is 25.8 Å².